The van der Waals surface area contributed by atoms with Crippen LogP contribution in [0, 0.1) is 5.92 Å². The van der Waals surface area contributed by atoms with Gasteiger partial charge in [0.15, 0.2) is 0 Å². The van der Waals surface area contributed by atoms with Gasteiger partial charge in [-0.05, 0) is 36.3 Å². The summed E-state index contributed by atoms with van der Waals surface area (Å²) in [5.41, 5.74) is 2.56. The highest BCUT2D eigenvalue weighted by Gasteiger charge is 2.39. The Morgan fingerprint density at radius 2 is 1.90 bits per heavy atom. The van der Waals surface area contributed by atoms with Gasteiger partial charge in [-0.2, -0.15) is 0 Å². The summed E-state index contributed by atoms with van der Waals surface area (Å²) in [6.45, 7) is 5.14. The van der Waals surface area contributed by atoms with Gasteiger partial charge in [-0.15, -0.1) is 0 Å². The van der Waals surface area contributed by atoms with Gasteiger partial charge in [0.25, 0.3) is 0 Å². The molecule has 114 valence electrons. The van der Waals surface area contributed by atoms with E-state index >= 15 is 0 Å². The van der Waals surface area contributed by atoms with Crippen molar-refractivity contribution in [1.29, 1.82) is 0 Å². The number of nitrogens with one attached hydrogen (secondary N) is 1. The van der Waals surface area contributed by atoms with Gasteiger partial charge in [0.2, 0.25) is 5.91 Å². The molecule has 1 saturated heterocycles. The fraction of sp³-hybridized carbons (Fsp3) is 0.611. The van der Waals surface area contributed by atoms with Gasteiger partial charge in [0.05, 0.1) is 6.04 Å². The monoisotopic (exact) mass is 286 g/mol. The fourth-order valence-corrected chi connectivity index (χ4v) is 3.15. The molecular weight excluding hydrogens is 260 g/mol. The third kappa shape index (κ3) is 3.13. The highest BCUT2D eigenvalue weighted by atomic mass is 16.2. The van der Waals surface area contributed by atoms with Crippen molar-refractivity contribution in [3.63, 3.8) is 0 Å². The number of carbonyl (C=O) groups excluding carboxylic acids is 1. The third-order valence-electron chi connectivity index (χ3n) is 4.84. The molecule has 0 bridgehead atoms. The van der Waals surface area contributed by atoms with Gasteiger partial charge < -0.3 is 4.90 Å². The summed E-state index contributed by atoms with van der Waals surface area (Å²) in [5, 5.41) is 3.51. The molecule has 1 aliphatic carbocycles. The van der Waals surface area contributed by atoms with Crippen molar-refractivity contribution in [3.8, 4) is 0 Å². The van der Waals surface area contributed by atoms with E-state index in [0.29, 0.717) is 0 Å². The lowest BCUT2D eigenvalue weighted by Gasteiger charge is -2.24. The number of benzene rings is 1. The van der Waals surface area contributed by atoms with Crippen LogP contribution in [0.3, 0.4) is 0 Å². The van der Waals surface area contributed by atoms with Gasteiger partial charge in [-0.3, -0.25) is 10.1 Å². The molecule has 1 N–H and O–H groups in total. The molecule has 2 fully saturated rings. The SMILES string of the molecule is CCc1ccc(C2NC(CC)C(=O)N2CCC2CC2)cc1. The molecule has 2 aliphatic rings. The topological polar surface area (TPSA) is 32.3 Å². The van der Waals surface area contributed by atoms with Crippen LogP contribution < -0.4 is 5.32 Å². The van der Waals surface area contributed by atoms with Gasteiger partial charge in [-0.1, -0.05) is 51.0 Å². The molecule has 2 atom stereocenters. The summed E-state index contributed by atoms with van der Waals surface area (Å²) in [6, 6.07) is 8.69. The van der Waals surface area contributed by atoms with Crippen LogP contribution in [0.5, 0.6) is 0 Å². The van der Waals surface area contributed by atoms with Crippen molar-refractivity contribution < 1.29 is 4.79 Å². The minimum Gasteiger partial charge on any atom is -0.322 e. The highest BCUT2D eigenvalue weighted by Crippen LogP contribution is 2.34. The number of hydrogen-bond acceptors (Lipinski definition) is 2. The molecule has 2 unspecified atom stereocenters. The van der Waals surface area contributed by atoms with E-state index < -0.39 is 0 Å². The zero-order valence-electron chi connectivity index (χ0n) is 13.1. The Hall–Kier alpha value is -1.35. The molecule has 21 heavy (non-hydrogen) atoms. The standard InChI is InChI=1S/C18H26N2O/c1-3-13-7-9-15(10-8-13)17-19-16(4-2)18(21)20(17)12-11-14-5-6-14/h7-10,14,16-17,19H,3-6,11-12H2,1-2H3. The molecule has 0 radical (unpaired) electrons. The van der Waals surface area contributed by atoms with E-state index in [-0.39, 0.29) is 18.1 Å². The number of aryl methyl sites for hydroxylation is 1. The van der Waals surface area contributed by atoms with Crippen molar-refractivity contribution in [1.82, 2.24) is 10.2 Å². The minimum absolute atomic E-state index is 0.0138. The Labute approximate surface area is 127 Å². The van der Waals surface area contributed by atoms with Crippen LogP contribution in [-0.2, 0) is 11.2 Å². The Kier molecular flexibility index (Phi) is 4.29. The third-order valence-corrected chi connectivity index (χ3v) is 4.84. The van der Waals surface area contributed by atoms with Crippen LogP contribution in [0.1, 0.15) is 56.8 Å². The first-order valence-electron chi connectivity index (χ1n) is 8.38. The van der Waals surface area contributed by atoms with Gasteiger partial charge in [0.1, 0.15) is 6.17 Å². The predicted molar refractivity (Wildman–Crippen MR) is 84.8 cm³/mol. The Morgan fingerprint density at radius 3 is 2.48 bits per heavy atom. The minimum atomic E-state index is -0.0138. The smallest absolute Gasteiger partial charge is 0.241 e. The zero-order valence-corrected chi connectivity index (χ0v) is 13.1. The van der Waals surface area contributed by atoms with Crippen LogP contribution in [0.25, 0.3) is 0 Å². The number of rotatable bonds is 6. The summed E-state index contributed by atoms with van der Waals surface area (Å²) < 4.78 is 0. The van der Waals surface area contributed by atoms with Crippen LogP contribution >= 0.6 is 0 Å². The molecule has 1 aromatic carbocycles. The lowest BCUT2D eigenvalue weighted by Crippen LogP contribution is -2.32. The fourth-order valence-electron chi connectivity index (χ4n) is 3.15. The molecule has 1 aliphatic heterocycles. The lowest BCUT2D eigenvalue weighted by atomic mass is 10.1. The second kappa shape index (κ2) is 6.18. The molecule has 3 heteroatoms. The van der Waals surface area contributed by atoms with Crippen molar-refractivity contribution in [2.45, 2.75) is 58.2 Å². The average Bonchev–Trinajstić information content (AvgIpc) is 3.29. The van der Waals surface area contributed by atoms with E-state index in [9.17, 15) is 4.79 Å². The summed E-state index contributed by atoms with van der Waals surface area (Å²) >= 11 is 0. The van der Waals surface area contributed by atoms with E-state index in [4.69, 9.17) is 0 Å². The lowest BCUT2D eigenvalue weighted by molar-refractivity contribution is -0.130. The summed E-state index contributed by atoms with van der Waals surface area (Å²) in [4.78, 5) is 14.6. The molecule has 1 amide bonds. The first-order chi connectivity index (χ1) is 10.2. The molecule has 1 aromatic rings. The quantitative estimate of drug-likeness (QED) is 0.870. The Morgan fingerprint density at radius 1 is 1.19 bits per heavy atom. The van der Waals surface area contributed by atoms with Crippen molar-refractivity contribution in [2.75, 3.05) is 6.54 Å². The van der Waals surface area contributed by atoms with Crippen molar-refractivity contribution in [2.24, 2.45) is 5.92 Å². The number of carbonyl (C=O) groups is 1. The number of amides is 1. The Bertz CT molecular complexity index is 492. The highest BCUT2D eigenvalue weighted by molar-refractivity contribution is 5.84. The summed E-state index contributed by atoms with van der Waals surface area (Å²) in [5.74, 6) is 1.14. The zero-order chi connectivity index (χ0) is 14.8. The van der Waals surface area contributed by atoms with E-state index in [1.165, 1.54) is 24.0 Å². The van der Waals surface area contributed by atoms with Crippen LogP contribution in [0.15, 0.2) is 24.3 Å². The molecule has 3 rings (SSSR count). The van der Waals surface area contributed by atoms with E-state index in [0.717, 1.165) is 31.7 Å². The predicted octanol–water partition coefficient (Wildman–Crippen LogP) is 3.26. The maximum Gasteiger partial charge on any atom is 0.241 e. The normalized spacial score (nSPS) is 25.6. The van der Waals surface area contributed by atoms with Gasteiger partial charge in [0, 0.05) is 6.54 Å². The van der Waals surface area contributed by atoms with E-state index in [1.807, 2.05) is 0 Å². The summed E-state index contributed by atoms with van der Waals surface area (Å²) in [7, 11) is 0. The second-order valence-corrected chi connectivity index (χ2v) is 6.39. The van der Waals surface area contributed by atoms with Crippen LogP contribution in [0.4, 0.5) is 0 Å². The van der Waals surface area contributed by atoms with E-state index in [2.05, 4.69) is 48.3 Å². The molecule has 1 saturated carbocycles. The van der Waals surface area contributed by atoms with E-state index in [1.54, 1.807) is 0 Å². The first kappa shape index (κ1) is 14.6. The molecule has 1 heterocycles. The second-order valence-electron chi connectivity index (χ2n) is 6.39. The molecule has 0 aromatic heterocycles. The summed E-state index contributed by atoms with van der Waals surface area (Å²) in [6.07, 6.45) is 5.84. The van der Waals surface area contributed by atoms with Crippen LogP contribution in [-0.4, -0.2) is 23.4 Å². The van der Waals surface area contributed by atoms with Gasteiger partial charge >= 0.3 is 0 Å². The van der Waals surface area contributed by atoms with Gasteiger partial charge in [-0.25, -0.2) is 0 Å². The average molecular weight is 286 g/mol. The Balaban J connectivity index is 1.76. The molecule has 0 spiro atoms. The maximum absolute atomic E-state index is 12.5. The maximum atomic E-state index is 12.5. The number of nitrogens with zero attached hydrogens (tertiary/aromatic N) is 1. The van der Waals surface area contributed by atoms with Crippen molar-refractivity contribution >= 4 is 5.91 Å². The molecular formula is C18H26N2O. The van der Waals surface area contributed by atoms with Crippen LogP contribution in [0.2, 0.25) is 0 Å². The molecule has 3 nitrogen and oxygen atoms in total. The van der Waals surface area contributed by atoms with Crippen molar-refractivity contribution in [3.05, 3.63) is 35.4 Å². The number of hydrogen-bond donors (Lipinski definition) is 1. The first-order valence-corrected chi connectivity index (χ1v) is 8.38. The largest absolute Gasteiger partial charge is 0.322 e.